The molecule has 6 nitrogen and oxygen atoms in total. The monoisotopic (exact) mass is 422 g/mol. The van der Waals surface area contributed by atoms with E-state index in [1.807, 2.05) is 37.3 Å². The molecule has 0 atom stereocenters. The van der Waals surface area contributed by atoms with Gasteiger partial charge in [0.25, 0.3) is 0 Å². The highest BCUT2D eigenvalue weighted by molar-refractivity contribution is 7.98. The zero-order valence-electron chi connectivity index (χ0n) is 15.7. The summed E-state index contributed by atoms with van der Waals surface area (Å²) in [5.41, 5.74) is 3.21. The van der Waals surface area contributed by atoms with Gasteiger partial charge in [-0.15, -0.1) is 21.5 Å². The van der Waals surface area contributed by atoms with Crippen LogP contribution in [0.1, 0.15) is 16.3 Å². The molecule has 0 saturated carbocycles. The van der Waals surface area contributed by atoms with Crippen molar-refractivity contribution < 1.29 is 9.47 Å². The maximum absolute atomic E-state index is 5.54. The van der Waals surface area contributed by atoms with Crippen molar-refractivity contribution in [1.82, 2.24) is 19.7 Å². The SMILES string of the molecule is Cc1nc(CSc2nnc(-c3ccccc3)n2Cc2ccc3c(c2)OCO3)cs1. The third kappa shape index (κ3) is 3.86. The molecule has 0 fully saturated rings. The van der Waals surface area contributed by atoms with Crippen molar-refractivity contribution in [3.05, 3.63) is 70.2 Å². The van der Waals surface area contributed by atoms with Crippen molar-refractivity contribution >= 4 is 23.1 Å². The molecule has 0 amide bonds. The Morgan fingerprint density at radius 1 is 1.07 bits per heavy atom. The van der Waals surface area contributed by atoms with E-state index in [4.69, 9.17) is 9.47 Å². The number of aromatic nitrogens is 4. The number of aryl methyl sites for hydroxylation is 1. The molecule has 2 aromatic heterocycles. The van der Waals surface area contributed by atoms with E-state index in [2.05, 4.69) is 43.3 Å². The largest absolute Gasteiger partial charge is 0.454 e. The number of benzene rings is 2. The second-order valence-corrected chi connectivity index (χ2v) is 8.60. The molecule has 1 aliphatic heterocycles. The Balaban J connectivity index is 1.47. The first kappa shape index (κ1) is 18.2. The van der Waals surface area contributed by atoms with Gasteiger partial charge < -0.3 is 9.47 Å². The molecule has 0 unspecified atom stereocenters. The van der Waals surface area contributed by atoms with E-state index in [0.29, 0.717) is 6.54 Å². The number of nitrogens with zero attached hydrogens (tertiary/aromatic N) is 4. The zero-order chi connectivity index (χ0) is 19.6. The number of ether oxygens (including phenoxy) is 2. The summed E-state index contributed by atoms with van der Waals surface area (Å²) in [6.07, 6.45) is 0. The van der Waals surface area contributed by atoms with Gasteiger partial charge in [-0.05, 0) is 24.6 Å². The van der Waals surface area contributed by atoms with E-state index >= 15 is 0 Å². The Bertz CT molecular complexity index is 1140. The van der Waals surface area contributed by atoms with E-state index < -0.39 is 0 Å². The summed E-state index contributed by atoms with van der Waals surface area (Å²) in [6.45, 7) is 2.94. The smallest absolute Gasteiger partial charge is 0.231 e. The van der Waals surface area contributed by atoms with Crippen LogP contribution in [0.2, 0.25) is 0 Å². The van der Waals surface area contributed by atoms with Crippen molar-refractivity contribution in [3.8, 4) is 22.9 Å². The number of hydrogen-bond donors (Lipinski definition) is 0. The second kappa shape index (κ2) is 7.88. The van der Waals surface area contributed by atoms with Crippen LogP contribution in [-0.4, -0.2) is 26.5 Å². The quantitative estimate of drug-likeness (QED) is 0.417. The van der Waals surface area contributed by atoms with Crippen molar-refractivity contribution in [2.24, 2.45) is 0 Å². The summed E-state index contributed by atoms with van der Waals surface area (Å²) in [5.74, 6) is 3.18. The summed E-state index contributed by atoms with van der Waals surface area (Å²) < 4.78 is 13.1. The van der Waals surface area contributed by atoms with Crippen LogP contribution in [0.5, 0.6) is 11.5 Å². The number of thiazole rings is 1. The molecule has 0 N–H and O–H groups in total. The molecule has 0 spiro atoms. The van der Waals surface area contributed by atoms with Crippen LogP contribution in [0.3, 0.4) is 0 Å². The fourth-order valence-electron chi connectivity index (χ4n) is 3.17. The van der Waals surface area contributed by atoms with Gasteiger partial charge in [0, 0.05) is 16.7 Å². The van der Waals surface area contributed by atoms with Crippen molar-refractivity contribution in [2.75, 3.05) is 6.79 Å². The van der Waals surface area contributed by atoms with Crippen molar-refractivity contribution in [1.29, 1.82) is 0 Å². The molecular formula is C21H18N4O2S2. The number of rotatable bonds is 6. The Morgan fingerprint density at radius 3 is 2.76 bits per heavy atom. The Kier molecular flexibility index (Phi) is 4.95. The molecule has 0 radical (unpaired) electrons. The summed E-state index contributed by atoms with van der Waals surface area (Å²) in [4.78, 5) is 4.55. The van der Waals surface area contributed by atoms with Crippen molar-refractivity contribution in [3.63, 3.8) is 0 Å². The van der Waals surface area contributed by atoms with Crippen LogP contribution in [0, 0.1) is 6.92 Å². The number of hydrogen-bond acceptors (Lipinski definition) is 7. The fraction of sp³-hybridized carbons (Fsp3) is 0.190. The second-order valence-electron chi connectivity index (χ2n) is 6.59. The Labute approximate surface area is 176 Å². The lowest BCUT2D eigenvalue weighted by molar-refractivity contribution is 0.174. The maximum atomic E-state index is 5.54. The first-order valence-corrected chi connectivity index (χ1v) is 11.0. The van der Waals surface area contributed by atoms with Crippen LogP contribution < -0.4 is 9.47 Å². The summed E-state index contributed by atoms with van der Waals surface area (Å²) in [6, 6.07) is 16.2. The minimum absolute atomic E-state index is 0.273. The lowest BCUT2D eigenvalue weighted by Gasteiger charge is -2.11. The van der Waals surface area contributed by atoms with E-state index in [1.165, 1.54) is 0 Å². The van der Waals surface area contributed by atoms with Gasteiger partial charge in [0.1, 0.15) is 0 Å². The topological polar surface area (TPSA) is 62.1 Å². The van der Waals surface area contributed by atoms with Gasteiger partial charge in [-0.2, -0.15) is 0 Å². The van der Waals surface area contributed by atoms with E-state index in [9.17, 15) is 0 Å². The van der Waals surface area contributed by atoms with Gasteiger partial charge in [0.05, 0.1) is 17.2 Å². The molecule has 0 saturated heterocycles. The Hall–Kier alpha value is -2.84. The first-order valence-electron chi connectivity index (χ1n) is 9.17. The van der Waals surface area contributed by atoms with Gasteiger partial charge in [-0.25, -0.2) is 4.98 Å². The summed E-state index contributed by atoms with van der Waals surface area (Å²) in [7, 11) is 0. The molecule has 0 aliphatic carbocycles. The highest BCUT2D eigenvalue weighted by atomic mass is 32.2. The Morgan fingerprint density at radius 2 is 1.93 bits per heavy atom. The molecule has 5 rings (SSSR count). The fourth-order valence-corrected chi connectivity index (χ4v) is 4.72. The van der Waals surface area contributed by atoms with Gasteiger partial charge in [-0.3, -0.25) is 4.57 Å². The molecule has 29 heavy (non-hydrogen) atoms. The molecule has 4 aromatic rings. The normalized spacial score (nSPS) is 12.4. The standard InChI is InChI=1S/C21H18N4O2S2/c1-14-22-17(11-28-14)12-29-21-24-23-20(16-5-3-2-4-6-16)25(21)10-15-7-8-18-19(9-15)27-13-26-18/h2-9,11H,10,12-13H2,1H3. The molecule has 3 heterocycles. The van der Waals surface area contributed by atoms with E-state index in [0.717, 1.165) is 50.1 Å². The van der Waals surface area contributed by atoms with E-state index in [1.54, 1.807) is 23.1 Å². The lowest BCUT2D eigenvalue weighted by atomic mass is 10.2. The highest BCUT2D eigenvalue weighted by Crippen LogP contribution is 2.34. The maximum Gasteiger partial charge on any atom is 0.231 e. The molecule has 8 heteroatoms. The highest BCUT2D eigenvalue weighted by Gasteiger charge is 2.18. The lowest BCUT2D eigenvalue weighted by Crippen LogP contribution is -2.04. The van der Waals surface area contributed by atoms with Gasteiger partial charge in [0.15, 0.2) is 22.5 Å². The zero-order valence-corrected chi connectivity index (χ0v) is 17.4. The van der Waals surface area contributed by atoms with Crippen LogP contribution in [-0.2, 0) is 12.3 Å². The third-order valence-corrected chi connectivity index (χ3v) is 6.36. The summed E-state index contributed by atoms with van der Waals surface area (Å²) in [5, 5.41) is 13.0. The molecule has 0 bridgehead atoms. The molecule has 146 valence electrons. The van der Waals surface area contributed by atoms with Gasteiger partial charge in [0.2, 0.25) is 6.79 Å². The average Bonchev–Trinajstić information content (AvgIpc) is 3.47. The van der Waals surface area contributed by atoms with Gasteiger partial charge >= 0.3 is 0 Å². The minimum atomic E-state index is 0.273. The number of fused-ring (bicyclic) bond motifs is 1. The summed E-state index contributed by atoms with van der Waals surface area (Å²) >= 11 is 3.32. The molecular weight excluding hydrogens is 404 g/mol. The predicted octanol–water partition coefficient (Wildman–Crippen LogP) is 4.78. The van der Waals surface area contributed by atoms with Crippen LogP contribution in [0.25, 0.3) is 11.4 Å². The van der Waals surface area contributed by atoms with Crippen LogP contribution in [0.15, 0.2) is 59.1 Å². The average molecular weight is 423 g/mol. The van der Waals surface area contributed by atoms with Gasteiger partial charge in [-0.1, -0.05) is 48.2 Å². The predicted molar refractivity (Wildman–Crippen MR) is 114 cm³/mol. The molecule has 2 aromatic carbocycles. The van der Waals surface area contributed by atoms with Crippen LogP contribution in [0.4, 0.5) is 0 Å². The van der Waals surface area contributed by atoms with Crippen LogP contribution >= 0.6 is 23.1 Å². The third-order valence-electron chi connectivity index (χ3n) is 4.54. The first-order chi connectivity index (χ1) is 14.3. The van der Waals surface area contributed by atoms with E-state index in [-0.39, 0.29) is 6.79 Å². The molecule has 1 aliphatic rings. The number of thioether (sulfide) groups is 1. The van der Waals surface area contributed by atoms with Crippen molar-refractivity contribution in [2.45, 2.75) is 24.4 Å². The minimum Gasteiger partial charge on any atom is -0.454 e.